The molecule has 8 heteroatoms. The minimum absolute atomic E-state index is 0.00361. The number of benzene rings is 8. The van der Waals surface area contributed by atoms with Gasteiger partial charge in [-0.15, -0.1) is 22.7 Å². The molecule has 0 saturated carbocycles. The third-order valence-corrected chi connectivity index (χ3v) is 16.6. The van der Waals surface area contributed by atoms with E-state index in [1.165, 1.54) is 94.2 Å². The summed E-state index contributed by atoms with van der Waals surface area (Å²) in [6.07, 6.45) is 0. The zero-order valence-corrected chi connectivity index (χ0v) is 41.4. The molecule has 2 aliphatic carbocycles. The van der Waals surface area contributed by atoms with Crippen molar-refractivity contribution in [2.45, 2.75) is 38.5 Å². The second-order valence-corrected chi connectivity index (χ2v) is 22.4. The lowest BCUT2D eigenvalue weighted by Crippen LogP contribution is -2.29. The molecular formula is C54H40BBr2IO2S2. The molecule has 12 rings (SSSR count). The van der Waals surface area contributed by atoms with E-state index in [1.54, 1.807) is 17.4 Å². The topological polar surface area (TPSA) is 40.5 Å². The van der Waals surface area contributed by atoms with Crippen LogP contribution in [0.5, 0.6) is 0 Å². The highest BCUT2D eigenvalue weighted by molar-refractivity contribution is 14.1. The van der Waals surface area contributed by atoms with Crippen LogP contribution in [0.1, 0.15) is 49.9 Å². The molecule has 0 atom stereocenters. The molecular weight excluding hydrogens is 1040 g/mol. The van der Waals surface area contributed by atoms with Crippen molar-refractivity contribution < 1.29 is 10.0 Å². The average molecular weight is 1080 g/mol. The van der Waals surface area contributed by atoms with E-state index in [-0.39, 0.29) is 10.8 Å². The summed E-state index contributed by atoms with van der Waals surface area (Å²) >= 11 is 13.2. The van der Waals surface area contributed by atoms with E-state index in [9.17, 15) is 0 Å². The van der Waals surface area contributed by atoms with Gasteiger partial charge in [0.25, 0.3) is 0 Å². The fourth-order valence-corrected chi connectivity index (χ4v) is 12.8. The molecule has 0 unspecified atom stereocenters. The number of thiophene rings is 2. The summed E-state index contributed by atoms with van der Waals surface area (Å²) < 4.78 is 8.72. The van der Waals surface area contributed by atoms with E-state index < -0.39 is 7.12 Å². The van der Waals surface area contributed by atoms with Gasteiger partial charge in [0.2, 0.25) is 0 Å². The molecule has 2 aromatic heterocycles. The highest BCUT2D eigenvalue weighted by Crippen LogP contribution is 2.51. The number of rotatable bonds is 2. The normalized spacial score (nSPS) is 13.8. The second kappa shape index (κ2) is 16.1. The maximum Gasteiger partial charge on any atom is 0.488 e. The largest absolute Gasteiger partial charge is 0.488 e. The molecule has 2 aliphatic rings. The third kappa shape index (κ3) is 7.29. The molecule has 0 bridgehead atoms. The Bertz CT molecular complexity index is 3350. The zero-order valence-electron chi connectivity index (χ0n) is 34.4. The monoisotopic (exact) mass is 1080 g/mol. The first-order valence-corrected chi connectivity index (χ1v) is 24.8. The third-order valence-electron chi connectivity index (χ3n) is 12.6. The quantitative estimate of drug-likeness (QED) is 0.134. The Labute approximate surface area is 400 Å². The van der Waals surface area contributed by atoms with Gasteiger partial charge in [0.15, 0.2) is 0 Å². The molecule has 0 fully saturated rings. The first-order valence-electron chi connectivity index (χ1n) is 20.5. The SMILES string of the molecule is CC1(C)c2cc(Br)ccc2-c2ccc(-c3ccc4sc5ccccc5c4c3)cc21.CC1(C)c2cc(Br)ccc2-c2ccc(I)cc21.OB(O)c1ccc2sc3ccccc3c2c1. The molecule has 8 aromatic carbocycles. The second-order valence-electron chi connectivity index (χ2n) is 17.1. The highest BCUT2D eigenvalue weighted by atomic mass is 127. The van der Waals surface area contributed by atoms with Crippen molar-refractivity contribution in [2.75, 3.05) is 0 Å². The van der Waals surface area contributed by atoms with Crippen molar-refractivity contribution in [1.29, 1.82) is 0 Å². The van der Waals surface area contributed by atoms with Gasteiger partial charge in [-0.3, -0.25) is 0 Å². The van der Waals surface area contributed by atoms with Crippen LogP contribution in [0.25, 0.3) is 73.7 Å². The van der Waals surface area contributed by atoms with E-state index in [0.29, 0.717) is 5.46 Å². The highest BCUT2D eigenvalue weighted by Gasteiger charge is 2.36. The molecule has 0 amide bonds. The minimum Gasteiger partial charge on any atom is -0.423 e. The van der Waals surface area contributed by atoms with Gasteiger partial charge >= 0.3 is 7.12 Å². The van der Waals surface area contributed by atoms with Crippen molar-refractivity contribution in [1.82, 2.24) is 0 Å². The minimum atomic E-state index is -1.40. The lowest BCUT2D eigenvalue weighted by Gasteiger charge is -2.22. The van der Waals surface area contributed by atoms with Gasteiger partial charge in [-0.2, -0.15) is 0 Å². The van der Waals surface area contributed by atoms with Gasteiger partial charge in [-0.1, -0.05) is 144 Å². The molecule has 62 heavy (non-hydrogen) atoms. The first kappa shape index (κ1) is 41.9. The molecule has 2 nitrogen and oxygen atoms in total. The molecule has 2 N–H and O–H groups in total. The molecule has 10 aromatic rings. The van der Waals surface area contributed by atoms with Crippen molar-refractivity contribution >= 4 is 130 Å². The molecule has 2 heterocycles. The number of fused-ring (bicyclic) bond motifs is 12. The van der Waals surface area contributed by atoms with Crippen LogP contribution in [-0.2, 0) is 10.8 Å². The summed E-state index contributed by atoms with van der Waals surface area (Å²) in [5.41, 5.74) is 14.4. The van der Waals surface area contributed by atoms with Gasteiger partial charge in [0, 0.05) is 58.3 Å². The summed E-state index contributed by atoms with van der Waals surface area (Å²) in [5.74, 6) is 0. The molecule has 304 valence electrons. The fraction of sp³-hybridized carbons (Fsp3) is 0.111. The van der Waals surface area contributed by atoms with Gasteiger partial charge in [0.05, 0.1) is 0 Å². The fourth-order valence-electron chi connectivity index (χ4n) is 9.38. The van der Waals surface area contributed by atoms with Crippen molar-refractivity contribution in [3.8, 4) is 33.4 Å². The lowest BCUT2D eigenvalue weighted by atomic mass is 9.80. The summed E-state index contributed by atoms with van der Waals surface area (Å²) in [6.45, 7) is 9.29. The van der Waals surface area contributed by atoms with Crippen molar-refractivity contribution in [2.24, 2.45) is 0 Å². The number of hydrogen-bond donors (Lipinski definition) is 2. The Morgan fingerprint density at radius 2 is 0.855 bits per heavy atom. The molecule has 0 aliphatic heterocycles. The smallest absolute Gasteiger partial charge is 0.423 e. The van der Waals surface area contributed by atoms with E-state index in [4.69, 9.17) is 10.0 Å². The van der Waals surface area contributed by atoms with Crippen LogP contribution < -0.4 is 5.46 Å². The summed E-state index contributed by atoms with van der Waals surface area (Å²) in [6, 6.07) is 56.3. The van der Waals surface area contributed by atoms with E-state index in [2.05, 4.69) is 210 Å². The van der Waals surface area contributed by atoms with Crippen LogP contribution >= 0.6 is 77.1 Å². The predicted molar refractivity (Wildman–Crippen MR) is 284 cm³/mol. The van der Waals surface area contributed by atoms with E-state index in [1.807, 2.05) is 35.6 Å². The van der Waals surface area contributed by atoms with Gasteiger partial charge in [-0.05, 0) is 162 Å². The average Bonchev–Trinajstić information content (AvgIpc) is 3.96. The molecule has 0 spiro atoms. The zero-order chi connectivity index (χ0) is 43.1. The summed E-state index contributed by atoms with van der Waals surface area (Å²) in [4.78, 5) is 0. The Morgan fingerprint density at radius 1 is 0.435 bits per heavy atom. The van der Waals surface area contributed by atoms with E-state index in [0.717, 1.165) is 14.3 Å². The standard InChI is InChI=1S/C27H19BrS.C15H12BrI.C12H9BO2S/c1-27(2)23-14-17(7-10-19(23)20-11-9-18(28)15-24(20)27)16-8-12-26-22(13-16)21-5-3-4-6-25(21)29-26;1-15(2)13-7-9(16)3-5-11(13)12-6-4-10(17)8-14(12)15;14-13(15)8-5-6-12-10(7-8)9-3-1-2-4-11(9)16-12/h3-15H,1-2H3;3-8H,1-2H3;1-7,14-15H. The number of halogens is 3. The van der Waals surface area contributed by atoms with Crippen LogP contribution in [0, 0.1) is 3.57 Å². The Morgan fingerprint density at radius 3 is 1.42 bits per heavy atom. The Kier molecular flexibility index (Phi) is 10.9. The van der Waals surface area contributed by atoms with Crippen LogP contribution in [-0.4, -0.2) is 17.2 Å². The molecule has 0 saturated heterocycles. The lowest BCUT2D eigenvalue weighted by molar-refractivity contribution is 0.426. The maximum absolute atomic E-state index is 9.15. The van der Waals surface area contributed by atoms with Crippen LogP contribution in [0.2, 0.25) is 0 Å². The van der Waals surface area contributed by atoms with Crippen molar-refractivity contribution in [3.05, 3.63) is 192 Å². The molecule has 0 radical (unpaired) electrons. The predicted octanol–water partition coefficient (Wildman–Crippen LogP) is 15.9. The Hall–Kier alpha value is -4.13. The Balaban J connectivity index is 0.000000119. The van der Waals surface area contributed by atoms with Crippen LogP contribution in [0.15, 0.2) is 167 Å². The van der Waals surface area contributed by atoms with Crippen LogP contribution in [0.3, 0.4) is 0 Å². The van der Waals surface area contributed by atoms with Gasteiger partial charge < -0.3 is 10.0 Å². The first-order chi connectivity index (χ1) is 29.8. The summed E-state index contributed by atoms with van der Waals surface area (Å²) in [7, 11) is -1.40. The maximum atomic E-state index is 9.15. The van der Waals surface area contributed by atoms with E-state index >= 15 is 0 Å². The van der Waals surface area contributed by atoms with Crippen molar-refractivity contribution in [3.63, 3.8) is 0 Å². The summed E-state index contributed by atoms with van der Waals surface area (Å²) in [5, 5.41) is 23.3. The van der Waals surface area contributed by atoms with Crippen LogP contribution in [0.4, 0.5) is 0 Å². The number of hydrogen-bond acceptors (Lipinski definition) is 4. The van der Waals surface area contributed by atoms with Gasteiger partial charge in [-0.25, -0.2) is 0 Å². The van der Waals surface area contributed by atoms with Gasteiger partial charge in [0.1, 0.15) is 0 Å².